The first-order valence-corrected chi connectivity index (χ1v) is 4.98. The van der Waals surface area contributed by atoms with Crippen molar-refractivity contribution >= 4 is 16.1 Å². The van der Waals surface area contributed by atoms with Crippen molar-refractivity contribution in [3.63, 3.8) is 0 Å². The van der Waals surface area contributed by atoms with Crippen LogP contribution in [0, 0.1) is 0 Å². The van der Waals surface area contributed by atoms with E-state index < -0.39 is 16.1 Å². The molecule has 0 aliphatic heterocycles. The molecule has 2 N–H and O–H groups in total. The first-order valence-electron chi connectivity index (χ1n) is 1.66. The minimum Gasteiger partial charge on any atom is -0.345 e. The molecule has 0 aromatic rings. The van der Waals surface area contributed by atoms with Gasteiger partial charge in [0, 0.05) is 13.3 Å². The Labute approximate surface area is 49.3 Å². The molecule has 0 amide bonds. The summed E-state index contributed by atoms with van der Waals surface area (Å²) in [6.45, 7) is 2.60. The lowest BCUT2D eigenvalue weighted by Gasteiger charge is -1.86. The summed E-state index contributed by atoms with van der Waals surface area (Å²) in [7, 11) is -3.47. The van der Waals surface area contributed by atoms with Crippen molar-refractivity contribution < 1.29 is 18.9 Å². The fourth-order valence-electron chi connectivity index (χ4n) is 0. The molecule has 0 fully saturated rings. The van der Waals surface area contributed by atoms with E-state index in [9.17, 15) is 4.57 Å². The van der Waals surface area contributed by atoms with Gasteiger partial charge >= 0.3 is 8.69 Å². The van der Waals surface area contributed by atoms with Gasteiger partial charge in [0.2, 0.25) is 0 Å². The van der Waals surface area contributed by atoms with Crippen LogP contribution in [0.25, 0.3) is 0 Å². The van der Waals surface area contributed by atoms with Gasteiger partial charge in [-0.2, -0.15) is 0 Å². The first-order chi connectivity index (χ1) is 3.41. The molecule has 50 valence electrons. The molecule has 0 unspecified atom stereocenters. The van der Waals surface area contributed by atoms with Crippen LogP contribution in [-0.2, 0) is 9.13 Å². The van der Waals surface area contributed by atoms with Gasteiger partial charge in [0.05, 0.1) is 0 Å². The first kappa shape index (κ1) is 11.1. The largest absolute Gasteiger partial charge is 0.345 e. The highest BCUT2D eigenvalue weighted by Crippen LogP contribution is 2.27. The summed E-state index contributed by atoms with van der Waals surface area (Å²) in [6, 6.07) is 0. The van der Waals surface area contributed by atoms with Crippen LogP contribution in [-0.4, -0.2) is 23.1 Å². The van der Waals surface area contributed by atoms with Crippen LogP contribution in [0.4, 0.5) is 0 Å². The van der Waals surface area contributed by atoms with Crippen LogP contribution < -0.4 is 0 Å². The van der Waals surface area contributed by atoms with E-state index in [1.165, 1.54) is 13.3 Å². The van der Waals surface area contributed by atoms with Gasteiger partial charge in [-0.15, -0.1) is 0 Å². The highest BCUT2D eigenvalue weighted by molar-refractivity contribution is 7.56. The molecule has 4 nitrogen and oxygen atoms in total. The summed E-state index contributed by atoms with van der Waals surface area (Å²) in [5.41, 5.74) is 0. The van der Waals surface area contributed by atoms with E-state index in [0.717, 1.165) is 0 Å². The predicted molar refractivity (Wildman–Crippen MR) is 31.5 cm³/mol. The standard InChI is InChI=1S/C2H7O2P.HO2P/c1-5(2,3)4;1-3-2/h1-2H3,(H,3,4);(H,1,2). The van der Waals surface area contributed by atoms with Gasteiger partial charge in [0.25, 0.3) is 0 Å². The topological polar surface area (TPSA) is 74.6 Å². The van der Waals surface area contributed by atoms with Crippen molar-refractivity contribution in [3.05, 3.63) is 0 Å². The van der Waals surface area contributed by atoms with Crippen LogP contribution in [0.2, 0.25) is 0 Å². The van der Waals surface area contributed by atoms with Crippen molar-refractivity contribution in [2.24, 2.45) is 0 Å². The van der Waals surface area contributed by atoms with E-state index in [-0.39, 0.29) is 0 Å². The maximum absolute atomic E-state index is 9.77. The van der Waals surface area contributed by atoms with E-state index in [1.54, 1.807) is 0 Å². The molecule has 8 heavy (non-hydrogen) atoms. The van der Waals surface area contributed by atoms with Crippen LogP contribution >= 0.6 is 16.1 Å². The second kappa shape index (κ2) is 5.39. The van der Waals surface area contributed by atoms with Gasteiger partial charge < -0.3 is 9.79 Å². The van der Waals surface area contributed by atoms with Crippen LogP contribution in [0.1, 0.15) is 0 Å². The Morgan fingerprint density at radius 3 is 1.50 bits per heavy atom. The molecular formula is C2H8O4P2. The van der Waals surface area contributed by atoms with Crippen LogP contribution in [0.15, 0.2) is 0 Å². The Morgan fingerprint density at radius 2 is 1.50 bits per heavy atom. The molecular weight excluding hydrogens is 150 g/mol. The SMILES string of the molecule is CP(C)(=O)O.O=PO. The summed E-state index contributed by atoms with van der Waals surface area (Å²) >= 11 is 0. The lowest BCUT2D eigenvalue weighted by Crippen LogP contribution is -1.62. The normalized spacial score (nSPS) is 10.0. The zero-order chi connectivity index (χ0) is 7.21. The second-order valence-corrected chi connectivity index (χ2v) is 4.13. The maximum atomic E-state index is 9.77. The van der Waals surface area contributed by atoms with Crippen LogP contribution in [0.3, 0.4) is 0 Å². The van der Waals surface area contributed by atoms with E-state index in [2.05, 4.69) is 0 Å². The molecule has 0 saturated heterocycles. The molecule has 0 saturated carbocycles. The van der Waals surface area contributed by atoms with Crippen molar-refractivity contribution in [3.8, 4) is 0 Å². The third-order valence-corrected chi connectivity index (χ3v) is 0. The van der Waals surface area contributed by atoms with Gasteiger partial charge in [-0.1, -0.05) is 0 Å². The lowest BCUT2D eigenvalue weighted by atomic mass is 11.9. The highest BCUT2D eigenvalue weighted by Gasteiger charge is 1.92. The predicted octanol–water partition coefficient (Wildman–Crippen LogP) is 0.702. The molecule has 0 aliphatic rings. The minimum atomic E-state index is -2.64. The van der Waals surface area contributed by atoms with Crippen molar-refractivity contribution in [2.45, 2.75) is 0 Å². The Balaban J connectivity index is 0. The summed E-state index contributed by atoms with van der Waals surface area (Å²) in [6.07, 6.45) is 0. The van der Waals surface area contributed by atoms with Gasteiger partial charge in [-0.3, -0.25) is 4.57 Å². The quantitative estimate of drug-likeness (QED) is 0.509. The smallest absolute Gasteiger partial charge is 0.324 e. The molecule has 0 bridgehead atoms. The fraction of sp³-hybridized carbons (Fsp3) is 1.00. The van der Waals surface area contributed by atoms with Gasteiger partial charge in [-0.25, -0.2) is 4.57 Å². The molecule has 6 heteroatoms. The van der Waals surface area contributed by atoms with Crippen molar-refractivity contribution in [1.82, 2.24) is 0 Å². The highest BCUT2D eigenvalue weighted by atomic mass is 31.2. The van der Waals surface area contributed by atoms with Gasteiger partial charge in [0.1, 0.15) is 0 Å². The minimum absolute atomic E-state index is 0.833. The molecule has 0 spiro atoms. The third kappa shape index (κ3) is 2760. The van der Waals surface area contributed by atoms with Crippen LogP contribution in [0.5, 0.6) is 0 Å². The molecule has 0 atom stereocenters. The van der Waals surface area contributed by atoms with Crippen molar-refractivity contribution in [1.29, 1.82) is 0 Å². The average molecular weight is 158 g/mol. The number of hydrogen-bond donors (Lipinski definition) is 2. The average Bonchev–Trinajstić information content (AvgIpc) is 1.27. The molecule has 0 aromatic carbocycles. The van der Waals surface area contributed by atoms with E-state index in [1.807, 2.05) is 0 Å². The van der Waals surface area contributed by atoms with Crippen molar-refractivity contribution in [2.75, 3.05) is 13.3 Å². The monoisotopic (exact) mass is 158 g/mol. The number of rotatable bonds is 0. The second-order valence-electron chi connectivity index (χ2n) is 1.38. The maximum Gasteiger partial charge on any atom is 0.324 e. The summed E-state index contributed by atoms with van der Waals surface area (Å²) < 4.78 is 18.2. The van der Waals surface area contributed by atoms with E-state index in [4.69, 9.17) is 14.4 Å². The van der Waals surface area contributed by atoms with E-state index >= 15 is 0 Å². The fourth-order valence-corrected chi connectivity index (χ4v) is 0. The zero-order valence-electron chi connectivity index (χ0n) is 4.61. The Kier molecular flexibility index (Phi) is 7.48. The summed E-state index contributed by atoms with van der Waals surface area (Å²) in [4.78, 5) is 15.1. The summed E-state index contributed by atoms with van der Waals surface area (Å²) in [5, 5.41) is 0. The van der Waals surface area contributed by atoms with Gasteiger partial charge in [0.15, 0.2) is 7.37 Å². The molecule has 0 aromatic heterocycles. The number of hydrogen-bond acceptors (Lipinski definition) is 2. The van der Waals surface area contributed by atoms with E-state index in [0.29, 0.717) is 0 Å². The molecule has 0 heterocycles. The summed E-state index contributed by atoms with van der Waals surface area (Å²) in [5.74, 6) is 0. The lowest BCUT2D eigenvalue weighted by molar-refractivity contribution is 0.492. The third-order valence-electron chi connectivity index (χ3n) is 0. The molecule has 0 rings (SSSR count). The Hall–Kier alpha value is 0.250. The zero-order valence-corrected chi connectivity index (χ0v) is 6.39. The Bertz CT molecular complexity index is 85.9. The molecule has 0 aliphatic carbocycles. The Morgan fingerprint density at radius 1 is 1.50 bits per heavy atom. The molecule has 0 radical (unpaired) electrons. The van der Waals surface area contributed by atoms with Gasteiger partial charge in [-0.05, 0) is 0 Å².